The summed E-state index contributed by atoms with van der Waals surface area (Å²) in [4.78, 5) is 0.652. The Morgan fingerprint density at radius 3 is 2.68 bits per heavy atom. The second-order valence-corrected chi connectivity index (χ2v) is 6.65. The van der Waals surface area contributed by atoms with E-state index in [9.17, 15) is 12.8 Å². The fraction of sp³-hybridized carbons (Fsp3) is 0.167. The third kappa shape index (κ3) is 3.12. The Hall–Kier alpha value is -1.44. The van der Waals surface area contributed by atoms with E-state index in [1.807, 2.05) is 0 Å². The topological polar surface area (TPSA) is 66.4 Å². The summed E-state index contributed by atoms with van der Waals surface area (Å²) in [5, 5.41) is 10.4. The van der Waals surface area contributed by atoms with Crippen LogP contribution in [-0.2, 0) is 16.6 Å². The van der Waals surface area contributed by atoms with Gasteiger partial charge in [0, 0.05) is 15.9 Å². The fourth-order valence-electron chi connectivity index (χ4n) is 1.51. The first-order chi connectivity index (χ1) is 8.92. The molecular formula is C12H12FNO3S2. The Kier molecular flexibility index (Phi) is 3.88. The molecule has 0 atom stereocenters. The zero-order valence-electron chi connectivity index (χ0n) is 10.1. The third-order valence-corrected chi connectivity index (χ3v) is 4.94. The summed E-state index contributed by atoms with van der Waals surface area (Å²) in [5.74, 6) is -0.388. The van der Waals surface area contributed by atoms with Crippen LogP contribution in [0.25, 0.3) is 0 Å². The highest BCUT2D eigenvalue weighted by atomic mass is 32.2. The van der Waals surface area contributed by atoms with E-state index in [1.54, 1.807) is 6.92 Å². The lowest BCUT2D eigenvalue weighted by Crippen LogP contribution is -2.12. The molecule has 2 N–H and O–H groups in total. The largest absolute Gasteiger partial charge is 0.391 e. The number of benzene rings is 1. The molecule has 19 heavy (non-hydrogen) atoms. The van der Waals surface area contributed by atoms with Gasteiger partial charge in [0.05, 0.1) is 11.5 Å². The standard InChI is InChI=1S/C12H12FNO3S2/c1-8-4-9(2-3-12(8)13)14-19(16,17)11-5-10(6-15)18-7-11/h2-5,7,14-15H,6H2,1H3. The number of anilines is 1. The molecule has 4 nitrogen and oxygen atoms in total. The molecule has 1 aromatic heterocycles. The van der Waals surface area contributed by atoms with Gasteiger partial charge in [0.15, 0.2) is 0 Å². The first-order valence-corrected chi connectivity index (χ1v) is 7.76. The van der Waals surface area contributed by atoms with Gasteiger partial charge in [0.2, 0.25) is 0 Å². The monoisotopic (exact) mass is 301 g/mol. The van der Waals surface area contributed by atoms with Crippen LogP contribution in [0.5, 0.6) is 0 Å². The summed E-state index contributed by atoms with van der Waals surface area (Å²) in [6.45, 7) is 1.36. The lowest BCUT2D eigenvalue weighted by Gasteiger charge is -2.07. The number of hydrogen-bond donors (Lipinski definition) is 2. The molecule has 0 aliphatic carbocycles. The molecule has 0 aliphatic heterocycles. The van der Waals surface area contributed by atoms with Crippen molar-refractivity contribution in [2.75, 3.05) is 4.72 Å². The molecule has 0 radical (unpaired) electrons. The van der Waals surface area contributed by atoms with E-state index < -0.39 is 10.0 Å². The maximum atomic E-state index is 13.1. The molecule has 2 aromatic rings. The lowest BCUT2D eigenvalue weighted by molar-refractivity contribution is 0.285. The maximum Gasteiger partial charge on any atom is 0.262 e. The van der Waals surface area contributed by atoms with Crippen molar-refractivity contribution in [3.05, 3.63) is 45.9 Å². The summed E-state index contributed by atoms with van der Waals surface area (Å²) in [7, 11) is -3.71. The zero-order valence-corrected chi connectivity index (χ0v) is 11.7. The zero-order chi connectivity index (χ0) is 14.0. The summed E-state index contributed by atoms with van der Waals surface area (Å²) >= 11 is 1.16. The molecule has 0 saturated carbocycles. The predicted molar refractivity (Wildman–Crippen MR) is 72.2 cm³/mol. The summed E-state index contributed by atoms with van der Waals surface area (Å²) < 4.78 is 39.6. The quantitative estimate of drug-likeness (QED) is 0.912. The highest BCUT2D eigenvalue weighted by Crippen LogP contribution is 2.23. The summed E-state index contributed by atoms with van der Waals surface area (Å²) in [6.07, 6.45) is 0. The van der Waals surface area contributed by atoms with Gasteiger partial charge in [-0.25, -0.2) is 12.8 Å². The molecule has 102 valence electrons. The second kappa shape index (κ2) is 5.28. The van der Waals surface area contributed by atoms with Crippen LogP contribution in [0.4, 0.5) is 10.1 Å². The van der Waals surface area contributed by atoms with Crippen molar-refractivity contribution in [2.24, 2.45) is 0 Å². The van der Waals surface area contributed by atoms with E-state index in [-0.39, 0.29) is 17.3 Å². The van der Waals surface area contributed by atoms with Gasteiger partial charge in [-0.05, 0) is 36.8 Å². The van der Waals surface area contributed by atoms with Crippen molar-refractivity contribution < 1.29 is 17.9 Å². The van der Waals surface area contributed by atoms with Crippen LogP contribution < -0.4 is 4.72 Å². The van der Waals surface area contributed by atoms with Gasteiger partial charge in [-0.2, -0.15) is 0 Å². The number of halogens is 1. The van der Waals surface area contributed by atoms with Crippen molar-refractivity contribution >= 4 is 27.0 Å². The Labute approximate surface area is 114 Å². The van der Waals surface area contributed by atoms with Crippen molar-refractivity contribution in [1.29, 1.82) is 0 Å². The summed E-state index contributed by atoms with van der Waals surface area (Å²) in [5.41, 5.74) is 0.664. The SMILES string of the molecule is Cc1cc(NS(=O)(=O)c2csc(CO)c2)ccc1F. The smallest absolute Gasteiger partial charge is 0.262 e. The van der Waals surface area contributed by atoms with Crippen LogP contribution in [-0.4, -0.2) is 13.5 Å². The van der Waals surface area contributed by atoms with E-state index in [4.69, 9.17) is 5.11 Å². The molecule has 0 amide bonds. The van der Waals surface area contributed by atoms with Crippen LogP contribution in [0, 0.1) is 12.7 Å². The van der Waals surface area contributed by atoms with Crippen molar-refractivity contribution in [2.45, 2.75) is 18.4 Å². The van der Waals surface area contributed by atoms with Crippen molar-refractivity contribution in [3.8, 4) is 0 Å². The minimum Gasteiger partial charge on any atom is -0.391 e. The van der Waals surface area contributed by atoms with E-state index in [1.165, 1.54) is 29.6 Å². The van der Waals surface area contributed by atoms with Crippen LogP contribution in [0.1, 0.15) is 10.4 Å². The van der Waals surface area contributed by atoms with Gasteiger partial charge in [-0.1, -0.05) is 0 Å². The third-order valence-electron chi connectivity index (χ3n) is 2.51. The van der Waals surface area contributed by atoms with E-state index in [0.29, 0.717) is 16.1 Å². The van der Waals surface area contributed by atoms with Crippen LogP contribution in [0.15, 0.2) is 34.5 Å². The van der Waals surface area contributed by atoms with Crippen LogP contribution >= 0.6 is 11.3 Å². The minimum atomic E-state index is -3.71. The molecule has 7 heteroatoms. The maximum absolute atomic E-state index is 13.1. The van der Waals surface area contributed by atoms with E-state index in [2.05, 4.69) is 4.72 Å². The Bertz CT molecular complexity index is 695. The minimum absolute atomic E-state index is 0.0866. The van der Waals surface area contributed by atoms with Gasteiger partial charge >= 0.3 is 0 Å². The first kappa shape index (κ1) is 14.0. The number of nitrogens with one attached hydrogen (secondary N) is 1. The Balaban J connectivity index is 2.28. The molecule has 0 saturated heterocycles. The molecule has 1 heterocycles. The molecule has 0 spiro atoms. The molecular weight excluding hydrogens is 289 g/mol. The number of aryl methyl sites for hydroxylation is 1. The molecule has 0 bridgehead atoms. The Morgan fingerprint density at radius 1 is 1.37 bits per heavy atom. The van der Waals surface area contributed by atoms with Gasteiger partial charge in [0.1, 0.15) is 5.82 Å². The number of thiophene rings is 1. The average molecular weight is 301 g/mol. The molecule has 0 fully saturated rings. The van der Waals surface area contributed by atoms with Gasteiger partial charge in [0.25, 0.3) is 10.0 Å². The average Bonchev–Trinajstić information content (AvgIpc) is 2.83. The normalized spacial score (nSPS) is 11.5. The highest BCUT2D eigenvalue weighted by molar-refractivity contribution is 7.92. The van der Waals surface area contributed by atoms with Crippen molar-refractivity contribution in [3.63, 3.8) is 0 Å². The Morgan fingerprint density at radius 2 is 2.11 bits per heavy atom. The number of sulfonamides is 1. The number of hydrogen-bond acceptors (Lipinski definition) is 4. The second-order valence-electron chi connectivity index (χ2n) is 3.98. The molecule has 2 rings (SSSR count). The van der Waals surface area contributed by atoms with Gasteiger partial charge in [-0.3, -0.25) is 4.72 Å². The number of aliphatic hydroxyl groups excluding tert-OH is 1. The van der Waals surface area contributed by atoms with Crippen LogP contribution in [0.3, 0.4) is 0 Å². The highest BCUT2D eigenvalue weighted by Gasteiger charge is 2.16. The molecule has 0 unspecified atom stereocenters. The van der Waals surface area contributed by atoms with E-state index in [0.717, 1.165) is 11.3 Å². The number of aliphatic hydroxyl groups is 1. The fourth-order valence-corrected chi connectivity index (χ4v) is 3.69. The predicted octanol–water partition coefficient (Wildman–Crippen LogP) is 2.49. The lowest BCUT2D eigenvalue weighted by atomic mass is 10.2. The van der Waals surface area contributed by atoms with Crippen LogP contribution in [0.2, 0.25) is 0 Å². The number of rotatable bonds is 4. The van der Waals surface area contributed by atoms with E-state index >= 15 is 0 Å². The summed E-state index contributed by atoms with van der Waals surface area (Å²) in [6, 6.07) is 5.40. The van der Waals surface area contributed by atoms with Gasteiger partial charge < -0.3 is 5.11 Å². The molecule has 1 aromatic carbocycles. The molecule has 0 aliphatic rings. The van der Waals surface area contributed by atoms with Crippen molar-refractivity contribution in [1.82, 2.24) is 0 Å². The van der Waals surface area contributed by atoms with Gasteiger partial charge in [-0.15, -0.1) is 11.3 Å². The first-order valence-electron chi connectivity index (χ1n) is 5.39.